The molecule has 0 aliphatic rings. The third kappa shape index (κ3) is 4.04. The Hall–Kier alpha value is -1.39. The molecule has 100 valence electrons. The van der Waals surface area contributed by atoms with Crippen molar-refractivity contribution in [2.45, 2.75) is 13.1 Å². The summed E-state index contributed by atoms with van der Waals surface area (Å²) in [7, 11) is 3.79. The molecule has 1 aromatic carbocycles. The van der Waals surface area contributed by atoms with Gasteiger partial charge >= 0.3 is 0 Å². The van der Waals surface area contributed by atoms with E-state index in [1.165, 1.54) is 11.1 Å². The monoisotopic (exact) mass is 320 g/mol. The molecule has 0 bridgehead atoms. The largest absolute Gasteiger partial charge is 0.496 e. The first kappa shape index (κ1) is 14.0. The maximum Gasteiger partial charge on any atom is 0.133 e. The summed E-state index contributed by atoms with van der Waals surface area (Å²) in [6.07, 6.45) is 3.65. The molecule has 0 fully saturated rings. The summed E-state index contributed by atoms with van der Waals surface area (Å²) in [5, 5.41) is 0. The van der Waals surface area contributed by atoms with Gasteiger partial charge in [-0.2, -0.15) is 0 Å². The summed E-state index contributed by atoms with van der Waals surface area (Å²) in [4.78, 5) is 6.30. The highest BCUT2D eigenvalue weighted by Crippen LogP contribution is 2.26. The number of nitrogens with zero attached hydrogens (tertiary/aromatic N) is 2. The molecule has 19 heavy (non-hydrogen) atoms. The second kappa shape index (κ2) is 6.68. The Morgan fingerprint density at radius 1 is 1.11 bits per heavy atom. The van der Waals surface area contributed by atoms with Crippen LogP contribution in [0.15, 0.2) is 47.2 Å². The zero-order valence-corrected chi connectivity index (χ0v) is 12.7. The Kier molecular flexibility index (Phi) is 4.93. The molecule has 0 aliphatic heterocycles. The average Bonchev–Trinajstić information content (AvgIpc) is 2.40. The van der Waals surface area contributed by atoms with Gasteiger partial charge in [-0.15, -0.1) is 0 Å². The fourth-order valence-electron chi connectivity index (χ4n) is 1.98. The molecule has 0 unspecified atom stereocenters. The van der Waals surface area contributed by atoms with Crippen molar-refractivity contribution in [3.05, 3.63) is 58.3 Å². The van der Waals surface area contributed by atoms with Crippen LogP contribution < -0.4 is 4.74 Å². The Morgan fingerprint density at radius 2 is 1.79 bits per heavy atom. The molecule has 0 aliphatic carbocycles. The smallest absolute Gasteiger partial charge is 0.133 e. The highest BCUT2D eigenvalue weighted by molar-refractivity contribution is 9.10. The molecule has 0 spiro atoms. The zero-order chi connectivity index (χ0) is 13.7. The van der Waals surface area contributed by atoms with E-state index in [0.717, 1.165) is 23.3 Å². The molecule has 0 N–H and O–H groups in total. The van der Waals surface area contributed by atoms with Crippen LogP contribution in [-0.4, -0.2) is 24.0 Å². The SMILES string of the molecule is COc1ccc(CN(C)Cc2ccncc2)cc1Br. The van der Waals surface area contributed by atoms with Crippen LogP contribution in [0, 0.1) is 0 Å². The van der Waals surface area contributed by atoms with Crippen LogP contribution in [0.3, 0.4) is 0 Å². The number of hydrogen-bond acceptors (Lipinski definition) is 3. The number of ether oxygens (including phenoxy) is 1. The molecule has 1 aromatic heterocycles. The maximum absolute atomic E-state index is 5.23. The van der Waals surface area contributed by atoms with Crippen LogP contribution in [0.5, 0.6) is 5.75 Å². The molecule has 3 nitrogen and oxygen atoms in total. The van der Waals surface area contributed by atoms with E-state index in [1.54, 1.807) is 7.11 Å². The van der Waals surface area contributed by atoms with Crippen molar-refractivity contribution in [2.75, 3.05) is 14.2 Å². The second-order valence-electron chi connectivity index (χ2n) is 4.50. The van der Waals surface area contributed by atoms with Gasteiger partial charge < -0.3 is 4.74 Å². The van der Waals surface area contributed by atoms with Gasteiger partial charge in [-0.05, 0) is 58.4 Å². The van der Waals surface area contributed by atoms with Gasteiger partial charge in [0.05, 0.1) is 11.6 Å². The van der Waals surface area contributed by atoms with Gasteiger partial charge in [-0.1, -0.05) is 6.07 Å². The Balaban J connectivity index is 1.99. The number of rotatable bonds is 5. The van der Waals surface area contributed by atoms with Crippen LogP contribution in [0.2, 0.25) is 0 Å². The normalized spacial score (nSPS) is 10.7. The van der Waals surface area contributed by atoms with Crippen LogP contribution >= 0.6 is 15.9 Å². The van der Waals surface area contributed by atoms with Crippen LogP contribution in [0.25, 0.3) is 0 Å². The highest BCUT2D eigenvalue weighted by atomic mass is 79.9. The summed E-state index contributed by atoms with van der Waals surface area (Å²) < 4.78 is 6.22. The van der Waals surface area contributed by atoms with Crippen molar-refractivity contribution in [2.24, 2.45) is 0 Å². The Morgan fingerprint density at radius 3 is 2.42 bits per heavy atom. The van der Waals surface area contributed by atoms with E-state index >= 15 is 0 Å². The number of pyridine rings is 1. The first-order chi connectivity index (χ1) is 9.19. The van der Waals surface area contributed by atoms with Gasteiger partial charge in [-0.3, -0.25) is 9.88 Å². The number of halogens is 1. The lowest BCUT2D eigenvalue weighted by Gasteiger charge is -2.17. The molecular weight excluding hydrogens is 304 g/mol. The molecule has 2 aromatic rings. The van der Waals surface area contributed by atoms with E-state index in [9.17, 15) is 0 Å². The minimum atomic E-state index is 0.862. The Labute approximate surface area is 122 Å². The molecule has 0 saturated heterocycles. The summed E-state index contributed by atoms with van der Waals surface area (Å²) in [5.41, 5.74) is 2.52. The summed E-state index contributed by atoms with van der Waals surface area (Å²) in [5.74, 6) is 0.862. The molecule has 1 heterocycles. The first-order valence-corrected chi connectivity index (χ1v) is 6.88. The lowest BCUT2D eigenvalue weighted by Crippen LogP contribution is -2.17. The van der Waals surface area contributed by atoms with Crippen molar-refractivity contribution in [3.63, 3.8) is 0 Å². The van der Waals surface area contributed by atoms with E-state index in [-0.39, 0.29) is 0 Å². The van der Waals surface area contributed by atoms with Crippen molar-refractivity contribution < 1.29 is 4.74 Å². The molecule has 0 atom stereocenters. The molecular formula is C15H17BrN2O. The molecule has 0 amide bonds. The number of hydrogen-bond donors (Lipinski definition) is 0. The lowest BCUT2D eigenvalue weighted by atomic mass is 10.2. The van der Waals surface area contributed by atoms with Crippen LogP contribution in [0.4, 0.5) is 0 Å². The van der Waals surface area contributed by atoms with Crippen molar-refractivity contribution in [1.29, 1.82) is 0 Å². The Bertz CT molecular complexity index is 531. The van der Waals surface area contributed by atoms with Gasteiger partial charge in [0.15, 0.2) is 0 Å². The van der Waals surface area contributed by atoms with Gasteiger partial charge in [-0.25, -0.2) is 0 Å². The predicted molar refractivity (Wildman–Crippen MR) is 80.1 cm³/mol. The molecule has 4 heteroatoms. The van der Waals surface area contributed by atoms with E-state index in [0.29, 0.717) is 0 Å². The van der Waals surface area contributed by atoms with Gasteiger partial charge in [0, 0.05) is 25.5 Å². The minimum Gasteiger partial charge on any atom is -0.496 e. The van der Waals surface area contributed by atoms with Crippen LogP contribution in [0.1, 0.15) is 11.1 Å². The minimum absolute atomic E-state index is 0.862. The standard InChI is InChI=1S/C15H17BrN2O/c1-18(10-12-5-7-17-8-6-12)11-13-3-4-15(19-2)14(16)9-13/h3-9H,10-11H2,1-2H3. The van der Waals surface area contributed by atoms with Crippen LogP contribution in [-0.2, 0) is 13.1 Å². The topological polar surface area (TPSA) is 25.4 Å². The summed E-state index contributed by atoms with van der Waals surface area (Å²) >= 11 is 3.51. The van der Waals surface area contributed by atoms with E-state index in [2.05, 4.69) is 45.0 Å². The number of methoxy groups -OCH3 is 1. The number of aromatic nitrogens is 1. The second-order valence-corrected chi connectivity index (χ2v) is 5.35. The third-order valence-electron chi connectivity index (χ3n) is 2.87. The molecule has 0 saturated carbocycles. The van der Waals surface area contributed by atoms with Crippen molar-refractivity contribution in [3.8, 4) is 5.75 Å². The summed E-state index contributed by atoms with van der Waals surface area (Å²) in [6, 6.07) is 10.3. The van der Waals surface area contributed by atoms with Gasteiger partial charge in [0.25, 0.3) is 0 Å². The predicted octanol–water partition coefficient (Wildman–Crippen LogP) is 3.48. The third-order valence-corrected chi connectivity index (χ3v) is 3.49. The first-order valence-electron chi connectivity index (χ1n) is 6.09. The highest BCUT2D eigenvalue weighted by Gasteiger charge is 2.05. The van der Waals surface area contributed by atoms with Gasteiger partial charge in [0.2, 0.25) is 0 Å². The fraction of sp³-hybridized carbons (Fsp3) is 0.267. The maximum atomic E-state index is 5.23. The zero-order valence-electron chi connectivity index (χ0n) is 11.1. The van der Waals surface area contributed by atoms with Gasteiger partial charge in [0.1, 0.15) is 5.75 Å². The lowest BCUT2D eigenvalue weighted by molar-refractivity contribution is 0.318. The average molecular weight is 321 g/mol. The van der Waals surface area contributed by atoms with E-state index < -0.39 is 0 Å². The fourth-order valence-corrected chi connectivity index (χ4v) is 2.56. The molecule has 0 radical (unpaired) electrons. The number of benzene rings is 1. The van der Waals surface area contributed by atoms with E-state index in [1.807, 2.05) is 30.6 Å². The summed E-state index contributed by atoms with van der Waals surface area (Å²) in [6.45, 7) is 1.80. The van der Waals surface area contributed by atoms with Crippen molar-refractivity contribution in [1.82, 2.24) is 9.88 Å². The van der Waals surface area contributed by atoms with Crippen molar-refractivity contribution >= 4 is 15.9 Å². The van der Waals surface area contributed by atoms with E-state index in [4.69, 9.17) is 4.74 Å². The quantitative estimate of drug-likeness (QED) is 0.843. The molecule has 2 rings (SSSR count).